The van der Waals surface area contributed by atoms with Crippen molar-refractivity contribution in [1.29, 1.82) is 0 Å². The Morgan fingerprint density at radius 2 is 1.87 bits per heavy atom. The Morgan fingerprint density at radius 3 is 2.71 bits per heavy atom. The first-order valence-corrected chi connectivity index (χ1v) is 10.8. The zero-order chi connectivity index (χ0) is 21.4. The molecule has 0 aromatic heterocycles. The standard InChI is InChI=1S/C24H27N3O4/c1-16-3-4-17(2)19(11-16)20-13-21(18-5-6-22-23(12-18)31-15-30-22)27(25-20)24(28)14-26-7-9-29-10-8-26/h3-6,11-12,21H,7-10,13-15H2,1-2H3/t21-/m1/s1. The molecule has 0 aliphatic carbocycles. The van der Waals surface area contributed by atoms with Gasteiger partial charge in [-0.15, -0.1) is 0 Å². The van der Waals surface area contributed by atoms with Crippen LogP contribution in [0.5, 0.6) is 11.5 Å². The summed E-state index contributed by atoms with van der Waals surface area (Å²) < 4.78 is 16.5. The molecule has 31 heavy (non-hydrogen) atoms. The lowest BCUT2D eigenvalue weighted by Crippen LogP contribution is -2.43. The molecule has 0 spiro atoms. The van der Waals surface area contributed by atoms with Crippen molar-refractivity contribution >= 4 is 11.6 Å². The first-order valence-electron chi connectivity index (χ1n) is 10.8. The predicted molar refractivity (Wildman–Crippen MR) is 116 cm³/mol. The molecule has 0 radical (unpaired) electrons. The molecule has 7 nitrogen and oxygen atoms in total. The Bertz CT molecular complexity index is 1030. The number of hydrogen-bond acceptors (Lipinski definition) is 6. The average Bonchev–Trinajstić information content (AvgIpc) is 3.43. The topological polar surface area (TPSA) is 63.6 Å². The monoisotopic (exact) mass is 421 g/mol. The van der Waals surface area contributed by atoms with Crippen molar-refractivity contribution < 1.29 is 19.0 Å². The number of benzene rings is 2. The first-order chi connectivity index (χ1) is 15.1. The van der Waals surface area contributed by atoms with Crippen molar-refractivity contribution in [3.63, 3.8) is 0 Å². The van der Waals surface area contributed by atoms with E-state index < -0.39 is 0 Å². The van der Waals surface area contributed by atoms with Gasteiger partial charge in [-0.1, -0.05) is 23.8 Å². The Morgan fingerprint density at radius 1 is 1.06 bits per heavy atom. The van der Waals surface area contributed by atoms with E-state index in [0.29, 0.717) is 26.2 Å². The Kier molecular flexibility index (Phi) is 5.38. The number of aryl methyl sites for hydroxylation is 2. The quantitative estimate of drug-likeness (QED) is 0.759. The summed E-state index contributed by atoms with van der Waals surface area (Å²) in [7, 11) is 0. The van der Waals surface area contributed by atoms with E-state index in [2.05, 4.69) is 36.9 Å². The van der Waals surface area contributed by atoms with Gasteiger partial charge >= 0.3 is 0 Å². The van der Waals surface area contributed by atoms with Gasteiger partial charge in [0.05, 0.1) is 31.5 Å². The normalized spacial score (nSPS) is 20.8. The molecule has 0 N–H and O–H groups in total. The van der Waals surface area contributed by atoms with Crippen LogP contribution < -0.4 is 9.47 Å². The van der Waals surface area contributed by atoms with Crippen LogP contribution in [-0.4, -0.2) is 61.2 Å². The van der Waals surface area contributed by atoms with Gasteiger partial charge in [0.1, 0.15) is 0 Å². The van der Waals surface area contributed by atoms with Crippen molar-refractivity contribution in [1.82, 2.24) is 9.91 Å². The fourth-order valence-corrected chi connectivity index (χ4v) is 4.35. The van der Waals surface area contributed by atoms with E-state index in [1.54, 1.807) is 5.01 Å². The largest absolute Gasteiger partial charge is 0.454 e. The SMILES string of the molecule is Cc1ccc(C)c(C2=NN(C(=O)CN3CCOCC3)[C@@H](c3ccc4c(c3)OCO4)C2)c1. The van der Waals surface area contributed by atoms with Crippen LogP contribution in [0, 0.1) is 13.8 Å². The molecule has 0 unspecified atom stereocenters. The molecule has 3 heterocycles. The van der Waals surface area contributed by atoms with Crippen LogP contribution in [0.25, 0.3) is 0 Å². The summed E-state index contributed by atoms with van der Waals surface area (Å²) in [4.78, 5) is 15.5. The van der Waals surface area contributed by atoms with Gasteiger partial charge in [0.2, 0.25) is 6.79 Å². The van der Waals surface area contributed by atoms with Gasteiger partial charge in [0, 0.05) is 25.1 Å². The molecule has 0 bridgehead atoms. The van der Waals surface area contributed by atoms with Gasteiger partial charge in [-0.05, 0) is 43.2 Å². The number of carbonyl (C=O) groups excluding carboxylic acids is 1. The van der Waals surface area contributed by atoms with Gasteiger partial charge in [-0.3, -0.25) is 9.69 Å². The predicted octanol–water partition coefficient (Wildman–Crippen LogP) is 3.04. The van der Waals surface area contributed by atoms with Gasteiger partial charge < -0.3 is 14.2 Å². The number of rotatable bonds is 4. The van der Waals surface area contributed by atoms with Crippen molar-refractivity contribution in [2.24, 2.45) is 5.10 Å². The molecule has 3 aliphatic rings. The van der Waals surface area contributed by atoms with Crippen LogP contribution in [0.4, 0.5) is 0 Å². The highest BCUT2D eigenvalue weighted by Gasteiger charge is 2.35. The number of amides is 1. The maximum Gasteiger partial charge on any atom is 0.257 e. The third-order valence-electron chi connectivity index (χ3n) is 6.11. The summed E-state index contributed by atoms with van der Waals surface area (Å²) in [5.74, 6) is 1.46. The number of fused-ring (bicyclic) bond motifs is 1. The van der Waals surface area contributed by atoms with E-state index in [9.17, 15) is 4.79 Å². The maximum absolute atomic E-state index is 13.3. The molecule has 1 fully saturated rings. The van der Waals surface area contributed by atoms with Crippen molar-refractivity contribution in [2.45, 2.75) is 26.3 Å². The minimum atomic E-state index is -0.169. The summed E-state index contributed by atoms with van der Waals surface area (Å²) in [6.45, 7) is 7.59. The lowest BCUT2D eigenvalue weighted by molar-refractivity contribution is -0.135. The second-order valence-corrected chi connectivity index (χ2v) is 8.32. The summed E-state index contributed by atoms with van der Waals surface area (Å²) in [5, 5.41) is 6.52. The van der Waals surface area contributed by atoms with Gasteiger partial charge in [0.15, 0.2) is 11.5 Å². The van der Waals surface area contributed by atoms with Crippen molar-refractivity contribution in [3.8, 4) is 11.5 Å². The third-order valence-corrected chi connectivity index (χ3v) is 6.11. The molecule has 5 rings (SSSR count). The summed E-state index contributed by atoms with van der Waals surface area (Å²) in [6.07, 6.45) is 0.665. The van der Waals surface area contributed by atoms with Gasteiger partial charge in [0.25, 0.3) is 5.91 Å². The van der Waals surface area contributed by atoms with Crippen LogP contribution >= 0.6 is 0 Å². The second kappa shape index (κ2) is 8.32. The molecule has 1 saturated heterocycles. The van der Waals surface area contributed by atoms with Crippen LogP contribution in [0.3, 0.4) is 0 Å². The highest BCUT2D eigenvalue weighted by atomic mass is 16.7. The van der Waals surface area contributed by atoms with E-state index in [1.165, 1.54) is 5.56 Å². The minimum Gasteiger partial charge on any atom is -0.454 e. The van der Waals surface area contributed by atoms with Crippen LogP contribution in [0.15, 0.2) is 41.5 Å². The fourth-order valence-electron chi connectivity index (χ4n) is 4.35. The molecule has 7 heteroatoms. The van der Waals surface area contributed by atoms with Crippen LogP contribution in [-0.2, 0) is 9.53 Å². The molecule has 0 saturated carbocycles. The minimum absolute atomic E-state index is 0.00451. The molecule has 1 atom stereocenters. The Hall–Kier alpha value is -2.90. The number of ether oxygens (including phenoxy) is 3. The zero-order valence-corrected chi connectivity index (χ0v) is 18.0. The van der Waals surface area contributed by atoms with Crippen molar-refractivity contribution in [3.05, 3.63) is 58.7 Å². The smallest absolute Gasteiger partial charge is 0.257 e. The first kappa shape index (κ1) is 20.0. The van der Waals surface area contributed by atoms with E-state index in [1.807, 2.05) is 18.2 Å². The van der Waals surface area contributed by atoms with E-state index >= 15 is 0 Å². The number of hydrazone groups is 1. The second-order valence-electron chi connectivity index (χ2n) is 8.32. The fraction of sp³-hybridized carbons (Fsp3) is 0.417. The number of nitrogens with zero attached hydrogens (tertiary/aromatic N) is 3. The van der Waals surface area contributed by atoms with E-state index in [0.717, 1.165) is 47.0 Å². The summed E-state index contributed by atoms with van der Waals surface area (Å²) in [6, 6.07) is 12.1. The summed E-state index contributed by atoms with van der Waals surface area (Å²) >= 11 is 0. The third kappa shape index (κ3) is 4.03. The van der Waals surface area contributed by atoms with Gasteiger partial charge in [-0.2, -0.15) is 5.10 Å². The molecule has 162 valence electrons. The molecular formula is C24H27N3O4. The van der Waals surface area contributed by atoms with Crippen LogP contribution in [0.1, 0.15) is 34.7 Å². The zero-order valence-electron chi connectivity index (χ0n) is 18.0. The highest BCUT2D eigenvalue weighted by molar-refractivity contribution is 6.04. The van der Waals surface area contributed by atoms with Gasteiger partial charge in [-0.25, -0.2) is 5.01 Å². The van der Waals surface area contributed by atoms with Crippen LogP contribution in [0.2, 0.25) is 0 Å². The number of carbonyl (C=O) groups is 1. The summed E-state index contributed by atoms with van der Waals surface area (Å²) in [5.41, 5.74) is 5.40. The Balaban J connectivity index is 1.46. The van der Waals surface area contributed by atoms with E-state index in [4.69, 9.17) is 19.3 Å². The molecule has 1 amide bonds. The number of morpholine rings is 1. The molecule has 2 aromatic carbocycles. The average molecular weight is 421 g/mol. The Labute approximate surface area is 182 Å². The lowest BCUT2D eigenvalue weighted by Gasteiger charge is -2.29. The molecular weight excluding hydrogens is 394 g/mol. The number of hydrogen-bond donors (Lipinski definition) is 0. The lowest BCUT2D eigenvalue weighted by atomic mass is 9.95. The van der Waals surface area contributed by atoms with E-state index in [-0.39, 0.29) is 18.7 Å². The highest BCUT2D eigenvalue weighted by Crippen LogP contribution is 2.39. The molecule has 2 aromatic rings. The van der Waals surface area contributed by atoms with Crippen molar-refractivity contribution in [2.75, 3.05) is 39.6 Å². The molecule has 3 aliphatic heterocycles. The maximum atomic E-state index is 13.3.